The molecule has 5 rings (SSSR count). The number of likely N-dealkylation sites (tertiary alicyclic amines) is 1. The Morgan fingerprint density at radius 1 is 1.26 bits per heavy atom. The lowest BCUT2D eigenvalue weighted by molar-refractivity contribution is -0.152. The molecule has 27 heavy (non-hydrogen) atoms. The van der Waals surface area contributed by atoms with E-state index in [0.29, 0.717) is 6.04 Å². The average molecular weight is 446 g/mol. The highest BCUT2D eigenvalue weighted by atomic mass is 79.9. The Bertz CT molecular complexity index is 872. The van der Waals surface area contributed by atoms with E-state index in [-0.39, 0.29) is 11.8 Å². The number of hydrogen-bond donors (Lipinski definition) is 0. The van der Waals surface area contributed by atoms with Gasteiger partial charge in [-0.2, -0.15) is 5.10 Å². The summed E-state index contributed by atoms with van der Waals surface area (Å²) in [5.74, 6) is 1.03. The number of thiophene rings is 1. The summed E-state index contributed by atoms with van der Waals surface area (Å²) in [6, 6.07) is 11.5. The third-order valence-corrected chi connectivity index (χ3v) is 7.49. The zero-order valence-electron chi connectivity index (χ0n) is 15.7. The second kappa shape index (κ2) is 6.61. The number of hydrogen-bond acceptors (Lipinski definition) is 5. The van der Waals surface area contributed by atoms with Gasteiger partial charge in [-0.05, 0) is 43.5 Å². The van der Waals surface area contributed by atoms with E-state index in [1.165, 1.54) is 16.2 Å². The maximum Gasteiger partial charge on any atom is 0.200 e. The molecule has 1 aromatic heterocycles. The van der Waals surface area contributed by atoms with Gasteiger partial charge in [0.05, 0.1) is 16.6 Å². The molecule has 4 nitrogen and oxygen atoms in total. The second-order valence-electron chi connectivity index (χ2n) is 7.95. The van der Waals surface area contributed by atoms with Crippen LogP contribution in [0.1, 0.15) is 49.6 Å². The van der Waals surface area contributed by atoms with E-state index in [9.17, 15) is 0 Å². The van der Waals surface area contributed by atoms with Gasteiger partial charge in [-0.1, -0.05) is 22.0 Å². The van der Waals surface area contributed by atoms with Crippen LogP contribution in [0.15, 0.2) is 45.3 Å². The monoisotopic (exact) mass is 445 g/mol. The Kier molecular flexibility index (Phi) is 4.33. The summed E-state index contributed by atoms with van der Waals surface area (Å²) < 4.78 is 7.79. The minimum absolute atomic E-state index is 0.258. The van der Waals surface area contributed by atoms with E-state index in [0.717, 1.165) is 42.6 Å². The summed E-state index contributed by atoms with van der Waals surface area (Å²) in [7, 11) is 0. The fourth-order valence-corrected chi connectivity index (χ4v) is 5.66. The minimum atomic E-state index is -0.324. The van der Waals surface area contributed by atoms with Gasteiger partial charge in [-0.3, -0.25) is 0 Å². The lowest BCUT2D eigenvalue weighted by Gasteiger charge is -2.51. The molecule has 0 aliphatic carbocycles. The normalized spacial score (nSPS) is 23.9. The van der Waals surface area contributed by atoms with E-state index in [2.05, 4.69) is 75.4 Å². The van der Waals surface area contributed by atoms with Crippen molar-refractivity contribution in [2.75, 3.05) is 13.1 Å². The number of rotatable bonds is 2. The fourth-order valence-electron chi connectivity index (χ4n) is 4.56. The van der Waals surface area contributed by atoms with Crippen LogP contribution in [0.3, 0.4) is 0 Å². The van der Waals surface area contributed by atoms with Gasteiger partial charge in [-0.25, -0.2) is 5.01 Å². The molecule has 0 amide bonds. The summed E-state index contributed by atoms with van der Waals surface area (Å²) in [5, 5.41) is 9.56. The van der Waals surface area contributed by atoms with Crippen molar-refractivity contribution in [1.82, 2.24) is 9.91 Å². The molecule has 0 radical (unpaired) electrons. The molecule has 142 valence electrons. The lowest BCUT2D eigenvalue weighted by Crippen LogP contribution is -2.59. The van der Waals surface area contributed by atoms with Crippen molar-refractivity contribution >= 4 is 33.0 Å². The molecule has 1 atom stereocenters. The first kappa shape index (κ1) is 17.7. The van der Waals surface area contributed by atoms with Crippen molar-refractivity contribution < 1.29 is 4.74 Å². The topological polar surface area (TPSA) is 28.1 Å². The Hall–Kier alpha value is -1.37. The standard InChI is InChI=1S/C21H24BrN3OS/c1-14(2)24-9-7-21(8-10-24)25-18(13-17(23-25)20-4-3-11-27-20)16-12-15(22)5-6-19(16)26-21/h3-6,11-12,14,18H,7-10,13H2,1-2H3/t18-/m0/s1. The first-order valence-electron chi connectivity index (χ1n) is 9.69. The van der Waals surface area contributed by atoms with Crippen LogP contribution in [0.2, 0.25) is 0 Å². The number of hydrazone groups is 1. The van der Waals surface area contributed by atoms with Gasteiger partial charge in [0.2, 0.25) is 5.72 Å². The molecule has 0 unspecified atom stereocenters. The molecule has 1 aromatic carbocycles. The third kappa shape index (κ3) is 2.93. The van der Waals surface area contributed by atoms with Crippen LogP contribution < -0.4 is 4.74 Å². The van der Waals surface area contributed by atoms with Gasteiger partial charge in [0.1, 0.15) is 5.75 Å². The molecule has 1 fully saturated rings. The second-order valence-corrected chi connectivity index (χ2v) is 9.81. The van der Waals surface area contributed by atoms with Gasteiger partial charge in [0.25, 0.3) is 0 Å². The molecule has 6 heteroatoms. The summed E-state index contributed by atoms with van der Waals surface area (Å²) in [4.78, 5) is 3.82. The summed E-state index contributed by atoms with van der Waals surface area (Å²) >= 11 is 5.41. The molecule has 1 spiro atoms. The average Bonchev–Trinajstić information content (AvgIpc) is 3.33. The smallest absolute Gasteiger partial charge is 0.200 e. The molecule has 0 N–H and O–H groups in total. The summed E-state index contributed by atoms with van der Waals surface area (Å²) in [5.41, 5.74) is 2.12. The number of piperidine rings is 1. The molecule has 0 bridgehead atoms. The number of fused-ring (bicyclic) bond motifs is 4. The van der Waals surface area contributed by atoms with Crippen molar-refractivity contribution in [3.63, 3.8) is 0 Å². The van der Waals surface area contributed by atoms with Crippen molar-refractivity contribution in [3.8, 4) is 5.75 Å². The van der Waals surface area contributed by atoms with Crippen LogP contribution >= 0.6 is 27.3 Å². The molecular weight excluding hydrogens is 422 g/mol. The predicted molar refractivity (Wildman–Crippen MR) is 113 cm³/mol. The van der Waals surface area contributed by atoms with Crippen molar-refractivity contribution in [1.29, 1.82) is 0 Å². The number of nitrogens with zero attached hydrogens (tertiary/aromatic N) is 3. The molecular formula is C21H24BrN3OS. The van der Waals surface area contributed by atoms with Gasteiger partial charge >= 0.3 is 0 Å². The van der Waals surface area contributed by atoms with Gasteiger partial charge < -0.3 is 9.64 Å². The van der Waals surface area contributed by atoms with E-state index in [4.69, 9.17) is 9.84 Å². The van der Waals surface area contributed by atoms with Crippen molar-refractivity contribution in [2.24, 2.45) is 5.10 Å². The van der Waals surface area contributed by atoms with Crippen LogP contribution in [0.25, 0.3) is 0 Å². The third-order valence-electron chi connectivity index (χ3n) is 6.07. The van der Waals surface area contributed by atoms with E-state index in [1.54, 1.807) is 11.3 Å². The SMILES string of the molecule is CC(C)N1CCC2(CC1)Oc1ccc(Br)cc1[C@@H]1CC(c3cccs3)=NN12. The van der Waals surface area contributed by atoms with Gasteiger partial charge in [0, 0.05) is 48.4 Å². The quantitative estimate of drug-likeness (QED) is 0.631. The van der Waals surface area contributed by atoms with E-state index >= 15 is 0 Å². The first-order valence-corrected chi connectivity index (χ1v) is 11.4. The van der Waals surface area contributed by atoms with Crippen molar-refractivity contribution in [2.45, 2.75) is 50.9 Å². The van der Waals surface area contributed by atoms with E-state index < -0.39 is 0 Å². The first-order chi connectivity index (χ1) is 13.1. The van der Waals surface area contributed by atoms with Crippen LogP contribution in [0, 0.1) is 0 Å². The molecule has 3 aliphatic heterocycles. The molecule has 1 saturated heterocycles. The Morgan fingerprint density at radius 3 is 2.78 bits per heavy atom. The molecule has 4 heterocycles. The van der Waals surface area contributed by atoms with Gasteiger partial charge in [-0.15, -0.1) is 11.3 Å². The lowest BCUT2D eigenvalue weighted by atomic mass is 9.91. The summed E-state index contributed by atoms with van der Waals surface area (Å²) in [6.45, 7) is 6.66. The minimum Gasteiger partial charge on any atom is -0.466 e. The number of benzene rings is 1. The number of halogens is 1. The van der Waals surface area contributed by atoms with Gasteiger partial charge in [0.15, 0.2) is 0 Å². The zero-order valence-corrected chi connectivity index (χ0v) is 18.1. The number of ether oxygens (including phenoxy) is 1. The van der Waals surface area contributed by atoms with Crippen LogP contribution in [-0.4, -0.2) is 40.5 Å². The predicted octanol–water partition coefficient (Wildman–Crippen LogP) is 5.25. The van der Waals surface area contributed by atoms with Crippen LogP contribution in [0.5, 0.6) is 5.75 Å². The Labute approximate surface area is 172 Å². The molecule has 0 saturated carbocycles. The molecule has 2 aromatic rings. The highest BCUT2D eigenvalue weighted by Crippen LogP contribution is 2.50. The van der Waals surface area contributed by atoms with E-state index in [1.807, 2.05) is 0 Å². The van der Waals surface area contributed by atoms with Crippen LogP contribution in [-0.2, 0) is 0 Å². The fraction of sp³-hybridized carbons (Fsp3) is 0.476. The largest absolute Gasteiger partial charge is 0.466 e. The highest BCUT2D eigenvalue weighted by Gasteiger charge is 2.52. The Morgan fingerprint density at radius 2 is 2.07 bits per heavy atom. The van der Waals surface area contributed by atoms with Crippen LogP contribution in [0.4, 0.5) is 0 Å². The summed E-state index contributed by atoms with van der Waals surface area (Å²) in [6.07, 6.45) is 2.92. The highest BCUT2D eigenvalue weighted by molar-refractivity contribution is 9.10. The molecule has 3 aliphatic rings. The Balaban J connectivity index is 1.55. The van der Waals surface area contributed by atoms with Crippen molar-refractivity contribution in [3.05, 3.63) is 50.6 Å². The maximum absolute atomic E-state index is 6.70. The zero-order chi connectivity index (χ0) is 18.6. The maximum atomic E-state index is 6.70.